The lowest BCUT2D eigenvalue weighted by atomic mass is 10.2. The van der Waals surface area contributed by atoms with Crippen LogP contribution in [0.4, 0.5) is 17.5 Å². The summed E-state index contributed by atoms with van der Waals surface area (Å²) in [4.78, 5) is 13.1. The third-order valence-corrected chi connectivity index (χ3v) is 4.11. The first-order chi connectivity index (χ1) is 13.2. The highest BCUT2D eigenvalue weighted by Gasteiger charge is 2.08. The van der Waals surface area contributed by atoms with Crippen LogP contribution < -0.4 is 16.2 Å². The summed E-state index contributed by atoms with van der Waals surface area (Å²) in [6.07, 6.45) is 4.03. The predicted molar refractivity (Wildman–Crippen MR) is 109 cm³/mol. The number of aliphatic hydroxyl groups excluding tert-OH is 1. The third kappa shape index (κ3) is 5.43. The molecule has 0 amide bonds. The van der Waals surface area contributed by atoms with E-state index >= 15 is 0 Å². The summed E-state index contributed by atoms with van der Waals surface area (Å²) in [5, 5.41) is 13.1. The second-order valence-corrected chi connectivity index (χ2v) is 6.43. The average molecular weight is 405 g/mol. The minimum atomic E-state index is 0.0943. The molecule has 0 aliphatic rings. The van der Waals surface area contributed by atoms with E-state index in [4.69, 9.17) is 28.3 Å². The molecule has 1 aromatic carbocycles. The van der Waals surface area contributed by atoms with Crippen molar-refractivity contribution in [3.05, 3.63) is 58.8 Å². The van der Waals surface area contributed by atoms with Crippen LogP contribution in [0.1, 0.15) is 6.42 Å². The molecular formula is C18H18Cl2N6O. The molecule has 0 saturated carbocycles. The average Bonchev–Trinajstić information content (AvgIpc) is 2.68. The monoisotopic (exact) mass is 404 g/mol. The van der Waals surface area contributed by atoms with Crippen LogP contribution in [0.25, 0.3) is 11.3 Å². The van der Waals surface area contributed by atoms with Gasteiger partial charge in [-0.2, -0.15) is 4.98 Å². The molecule has 9 heteroatoms. The lowest BCUT2D eigenvalue weighted by molar-refractivity contribution is 0.292. The van der Waals surface area contributed by atoms with Crippen molar-refractivity contribution in [3.63, 3.8) is 0 Å². The molecular weight excluding hydrogens is 387 g/mol. The van der Waals surface area contributed by atoms with Crippen molar-refractivity contribution >= 4 is 40.7 Å². The number of nitrogens with one attached hydrogen (secondary N) is 3. The SMILES string of the molecule is OCCCNc1nc(NNc2ccc(Cl)cc2Cl)cc(-c2cccnc2)n1. The molecule has 0 bridgehead atoms. The molecule has 2 aromatic heterocycles. The Kier molecular flexibility index (Phi) is 6.64. The van der Waals surface area contributed by atoms with Crippen molar-refractivity contribution in [1.82, 2.24) is 15.0 Å². The van der Waals surface area contributed by atoms with Crippen LogP contribution in [0.2, 0.25) is 10.0 Å². The summed E-state index contributed by atoms with van der Waals surface area (Å²) >= 11 is 12.1. The smallest absolute Gasteiger partial charge is 0.225 e. The molecule has 0 unspecified atom stereocenters. The minimum absolute atomic E-state index is 0.0943. The Hall–Kier alpha value is -2.61. The predicted octanol–water partition coefficient (Wildman–Crippen LogP) is 4.08. The number of aliphatic hydroxyl groups is 1. The molecule has 0 aliphatic heterocycles. The number of pyridine rings is 1. The van der Waals surface area contributed by atoms with E-state index in [0.29, 0.717) is 46.2 Å². The molecule has 2 heterocycles. The lowest BCUT2D eigenvalue weighted by Crippen LogP contribution is -2.13. The Morgan fingerprint density at radius 1 is 1.04 bits per heavy atom. The van der Waals surface area contributed by atoms with E-state index in [1.54, 1.807) is 36.7 Å². The molecule has 27 heavy (non-hydrogen) atoms. The van der Waals surface area contributed by atoms with Crippen LogP contribution in [0.5, 0.6) is 0 Å². The topological polar surface area (TPSA) is 95.0 Å². The van der Waals surface area contributed by atoms with Gasteiger partial charge in [0.05, 0.1) is 16.4 Å². The van der Waals surface area contributed by atoms with Gasteiger partial charge in [0.1, 0.15) is 0 Å². The van der Waals surface area contributed by atoms with Crippen LogP contribution >= 0.6 is 23.2 Å². The van der Waals surface area contributed by atoms with Gasteiger partial charge in [-0.15, -0.1) is 0 Å². The van der Waals surface area contributed by atoms with Gasteiger partial charge < -0.3 is 10.4 Å². The quantitative estimate of drug-likeness (QED) is 0.331. The Balaban J connectivity index is 1.83. The molecule has 0 radical (unpaired) electrons. The van der Waals surface area contributed by atoms with Gasteiger partial charge in [0.2, 0.25) is 5.95 Å². The van der Waals surface area contributed by atoms with E-state index in [1.165, 1.54) is 0 Å². The maximum Gasteiger partial charge on any atom is 0.225 e. The van der Waals surface area contributed by atoms with Gasteiger partial charge in [0, 0.05) is 42.2 Å². The van der Waals surface area contributed by atoms with Crippen molar-refractivity contribution in [2.24, 2.45) is 0 Å². The fourth-order valence-electron chi connectivity index (χ4n) is 2.25. The summed E-state index contributed by atoms with van der Waals surface area (Å²) in [6, 6.07) is 10.7. The molecule has 0 fully saturated rings. The summed E-state index contributed by atoms with van der Waals surface area (Å²) in [5.41, 5.74) is 8.27. The Morgan fingerprint density at radius 3 is 2.67 bits per heavy atom. The maximum absolute atomic E-state index is 8.95. The van der Waals surface area contributed by atoms with Crippen LogP contribution in [-0.2, 0) is 0 Å². The van der Waals surface area contributed by atoms with Crippen molar-refractivity contribution in [3.8, 4) is 11.3 Å². The largest absolute Gasteiger partial charge is 0.396 e. The number of rotatable bonds is 8. The van der Waals surface area contributed by atoms with Gasteiger partial charge in [-0.25, -0.2) is 4.98 Å². The van der Waals surface area contributed by atoms with Crippen LogP contribution in [0.15, 0.2) is 48.8 Å². The van der Waals surface area contributed by atoms with Crippen molar-refractivity contribution in [1.29, 1.82) is 0 Å². The van der Waals surface area contributed by atoms with E-state index in [-0.39, 0.29) is 6.61 Å². The third-order valence-electron chi connectivity index (χ3n) is 3.56. The highest BCUT2D eigenvalue weighted by molar-refractivity contribution is 6.36. The molecule has 0 spiro atoms. The number of hydrazine groups is 1. The molecule has 0 aliphatic carbocycles. The van der Waals surface area contributed by atoms with Crippen LogP contribution in [-0.4, -0.2) is 33.2 Å². The second kappa shape index (κ2) is 9.36. The number of nitrogens with zero attached hydrogens (tertiary/aromatic N) is 3. The van der Waals surface area contributed by atoms with Gasteiger partial charge in [-0.05, 0) is 36.8 Å². The van der Waals surface area contributed by atoms with Crippen molar-refractivity contribution in [2.75, 3.05) is 29.3 Å². The first-order valence-electron chi connectivity index (χ1n) is 8.27. The Labute approximate surface area is 166 Å². The number of anilines is 3. The summed E-state index contributed by atoms with van der Waals surface area (Å²) in [7, 11) is 0. The number of hydrogen-bond donors (Lipinski definition) is 4. The number of aromatic nitrogens is 3. The van der Waals surface area contributed by atoms with Crippen LogP contribution in [0.3, 0.4) is 0 Å². The first-order valence-corrected chi connectivity index (χ1v) is 9.02. The van der Waals surface area contributed by atoms with E-state index in [1.807, 2.05) is 12.1 Å². The fraction of sp³-hybridized carbons (Fsp3) is 0.167. The first kappa shape index (κ1) is 19.2. The normalized spacial score (nSPS) is 10.5. The van der Waals surface area contributed by atoms with Gasteiger partial charge in [0.15, 0.2) is 5.82 Å². The van der Waals surface area contributed by atoms with Gasteiger partial charge in [-0.1, -0.05) is 23.2 Å². The minimum Gasteiger partial charge on any atom is -0.396 e. The van der Waals surface area contributed by atoms with Crippen molar-refractivity contribution < 1.29 is 5.11 Å². The van der Waals surface area contributed by atoms with Gasteiger partial charge >= 0.3 is 0 Å². The number of halogens is 2. The Morgan fingerprint density at radius 2 is 1.93 bits per heavy atom. The van der Waals surface area contributed by atoms with Gasteiger partial charge in [0.25, 0.3) is 0 Å². The fourth-order valence-corrected chi connectivity index (χ4v) is 2.71. The standard InChI is InChI=1S/C18H18Cl2N6O/c19-13-4-5-15(14(20)9-13)25-26-17-10-16(12-3-1-6-21-11-12)23-18(24-17)22-7-2-8-27/h1,3-6,9-11,25,27H,2,7-8H2,(H2,22,23,24,26). The summed E-state index contributed by atoms with van der Waals surface area (Å²) in [5.74, 6) is 0.984. The van der Waals surface area contributed by atoms with Gasteiger partial charge in [-0.3, -0.25) is 15.8 Å². The molecule has 140 valence electrons. The zero-order valence-corrected chi connectivity index (χ0v) is 15.8. The molecule has 3 aromatic rings. The van der Waals surface area contributed by atoms with Crippen molar-refractivity contribution in [2.45, 2.75) is 6.42 Å². The number of benzene rings is 1. The summed E-state index contributed by atoms with van der Waals surface area (Å²) < 4.78 is 0. The molecule has 0 saturated heterocycles. The molecule has 4 N–H and O–H groups in total. The second-order valence-electron chi connectivity index (χ2n) is 5.58. The highest BCUT2D eigenvalue weighted by Crippen LogP contribution is 2.26. The highest BCUT2D eigenvalue weighted by atomic mass is 35.5. The summed E-state index contributed by atoms with van der Waals surface area (Å²) in [6.45, 7) is 0.653. The van der Waals surface area contributed by atoms with Crippen LogP contribution in [0, 0.1) is 0 Å². The van der Waals surface area contributed by atoms with E-state index in [0.717, 1.165) is 5.56 Å². The lowest BCUT2D eigenvalue weighted by Gasteiger charge is -2.13. The molecule has 3 rings (SSSR count). The van der Waals surface area contributed by atoms with E-state index < -0.39 is 0 Å². The molecule has 0 atom stereocenters. The Bertz CT molecular complexity index is 894. The van der Waals surface area contributed by atoms with E-state index in [2.05, 4.69) is 31.1 Å². The zero-order valence-electron chi connectivity index (χ0n) is 14.3. The zero-order chi connectivity index (χ0) is 19.1. The van der Waals surface area contributed by atoms with E-state index in [9.17, 15) is 0 Å². The number of hydrogen-bond acceptors (Lipinski definition) is 7. The molecule has 7 nitrogen and oxygen atoms in total. The maximum atomic E-state index is 8.95.